The Morgan fingerprint density at radius 2 is 1.09 bits per heavy atom. The normalized spacial score (nSPS) is 19.8. The molecular weight excluding hydrogens is 1190 g/mol. The largest absolute Gasteiger partial charge is 0.481 e. The number of methoxy groups -OCH3 is 1. The van der Waals surface area contributed by atoms with Crippen molar-refractivity contribution in [3.63, 3.8) is 0 Å². The maximum atomic E-state index is 13.1. The van der Waals surface area contributed by atoms with Gasteiger partial charge in [0.05, 0.1) is 68.7 Å². The summed E-state index contributed by atoms with van der Waals surface area (Å²) in [5.74, 6) is -5.15. The lowest BCUT2D eigenvalue weighted by molar-refractivity contribution is 0.0681. The first-order chi connectivity index (χ1) is 39.0. The molecule has 19 nitrogen and oxygen atoms in total. The first kappa shape index (κ1) is 63.5. The number of aromatic carboxylic acids is 5. The summed E-state index contributed by atoms with van der Waals surface area (Å²) in [6.45, 7) is 4.07. The monoisotopic (exact) mass is 1250 g/mol. The number of ether oxygens (including phenoxy) is 1. The van der Waals surface area contributed by atoms with Crippen molar-refractivity contribution in [3.8, 4) is 11.9 Å². The van der Waals surface area contributed by atoms with Crippen LogP contribution in [0.1, 0.15) is 89.6 Å². The van der Waals surface area contributed by atoms with Crippen molar-refractivity contribution >= 4 is 97.4 Å². The summed E-state index contributed by atoms with van der Waals surface area (Å²) < 4.78 is 70.6. The van der Waals surface area contributed by atoms with Gasteiger partial charge in [-0.25, -0.2) is 55.9 Å². The fraction of sp³-hybridized carbons (Fsp3) is 0.382. The molecule has 0 bridgehead atoms. The van der Waals surface area contributed by atoms with E-state index in [1.165, 1.54) is 43.6 Å². The van der Waals surface area contributed by atoms with Crippen molar-refractivity contribution in [2.45, 2.75) is 63.0 Å². The summed E-state index contributed by atoms with van der Waals surface area (Å²) >= 11 is 14.8. The lowest BCUT2D eigenvalue weighted by Gasteiger charge is -2.20. The Kier molecular flexibility index (Phi) is 22.7. The summed E-state index contributed by atoms with van der Waals surface area (Å²) in [4.78, 5) is 71.5. The molecule has 5 aromatic rings. The highest BCUT2D eigenvalue weighted by Gasteiger charge is 2.30. The van der Waals surface area contributed by atoms with Crippen LogP contribution in [0.15, 0.2) is 83.6 Å². The third-order valence-corrected chi connectivity index (χ3v) is 14.5. The van der Waals surface area contributed by atoms with Crippen LogP contribution in [0.3, 0.4) is 0 Å². The SMILES string of the molecule is COc1ccc(N2CC[C@H](F)C2)c(C(=O)O)n1.N#Cc1cc(C(=O)O)cc(N2CC[C@H](F)C2)c1.O=C(O)c1c(Cl)cccc1N1CC[C@H](F)C1.O=C(O)c1cc(Br)ncc1N1CC[C@H](F)C1.O=C(O)c1ccc(N2CC[C@H](F)C2)cc1Cl. The summed E-state index contributed by atoms with van der Waals surface area (Å²) in [6, 6.07) is 20.4. The lowest BCUT2D eigenvalue weighted by atomic mass is 10.1. The summed E-state index contributed by atoms with van der Waals surface area (Å²) in [5, 5.41) is 54.1. The van der Waals surface area contributed by atoms with Crippen molar-refractivity contribution < 1.29 is 76.2 Å². The molecule has 0 amide bonds. The second-order valence-corrected chi connectivity index (χ2v) is 20.7. The molecule has 3 aromatic carbocycles. The molecule has 5 fully saturated rings. The third kappa shape index (κ3) is 17.2. The van der Waals surface area contributed by atoms with Gasteiger partial charge in [0.2, 0.25) is 5.88 Å². The molecule has 5 atom stereocenters. The number of rotatable bonds is 11. The van der Waals surface area contributed by atoms with Crippen LogP contribution in [0.2, 0.25) is 10.0 Å². The van der Waals surface area contributed by atoms with E-state index in [1.807, 2.05) is 11.0 Å². The maximum Gasteiger partial charge on any atom is 0.356 e. The number of halogens is 8. The molecule has 0 radical (unpaired) electrons. The summed E-state index contributed by atoms with van der Waals surface area (Å²) in [7, 11) is 1.42. The van der Waals surface area contributed by atoms with Crippen LogP contribution in [-0.2, 0) is 0 Å². The van der Waals surface area contributed by atoms with E-state index in [1.54, 1.807) is 62.1 Å². The molecule has 5 aliphatic heterocycles. The smallest absolute Gasteiger partial charge is 0.356 e. The first-order valence-electron chi connectivity index (χ1n) is 25.4. The van der Waals surface area contributed by atoms with Gasteiger partial charge in [-0.3, -0.25) is 0 Å². The maximum absolute atomic E-state index is 13.1. The minimum atomic E-state index is -1.14. The van der Waals surface area contributed by atoms with Crippen LogP contribution < -0.4 is 29.2 Å². The highest BCUT2D eigenvalue weighted by molar-refractivity contribution is 9.10. The number of hydrogen-bond donors (Lipinski definition) is 5. The van der Waals surface area contributed by atoms with Crippen molar-refractivity contribution in [1.82, 2.24) is 9.97 Å². The molecule has 5 aliphatic rings. The molecular formula is C55H56BrCl2F5N8O11. The van der Waals surface area contributed by atoms with Crippen LogP contribution in [0.4, 0.5) is 50.4 Å². The molecule has 10 rings (SSSR count). The topological polar surface area (TPSA) is 262 Å². The quantitative estimate of drug-likeness (QED) is 0.0608. The van der Waals surface area contributed by atoms with Gasteiger partial charge in [-0.15, -0.1) is 0 Å². The predicted octanol–water partition coefficient (Wildman–Crippen LogP) is 10.4. The molecule has 27 heteroatoms. The van der Waals surface area contributed by atoms with E-state index in [-0.39, 0.29) is 75.6 Å². The first-order valence-corrected chi connectivity index (χ1v) is 27.0. The van der Waals surface area contributed by atoms with Crippen LogP contribution in [0, 0.1) is 11.3 Å². The second-order valence-electron chi connectivity index (χ2n) is 19.1. The number of carbonyl (C=O) groups is 5. The molecule has 0 saturated carbocycles. The summed E-state index contributed by atoms with van der Waals surface area (Å²) in [6.07, 6.45) is -0.647. The zero-order valence-corrected chi connectivity index (χ0v) is 46.9. The molecule has 438 valence electrons. The van der Waals surface area contributed by atoms with Gasteiger partial charge in [-0.1, -0.05) is 29.3 Å². The molecule has 82 heavy (non-hydrogen) atoms. The highest BCUT2D eigenvalue weighted by Crippen LogP contribution is 2.33. The van der Waals surface area contributed by atoms with Gasteiger partial charge in [0.15, 0.2) is 5.69 Å². The molecule has 0 aliphatic carbocycles. The third-order valence-electron chi connectivity index (χ3n) is 13.4. The van der Waals surface area contributed by atoms with Gasteiger partial charge in [0, 0.05) is 82.9 Å². The second kappa shape index (κ2) is 29.3. The average Bonchev–Trinajstić information content (AvgIpc) is 4.38. The van der Waals surface area contributed by atoms with Crippen molar-refractivity contribution in [1.29, 1.82) is 5.26 Å². The number of alkyl halides is 5. The Balaban J connectivity index is 0.000000165. The number of anilines is 5. The van der Waals surface area contributed by atoms with Gasteiger partial charge >= 0.3 is 29.8 Å². The molecule has 0 unspecified atom stereocenters. The zero-order chi connectivity index (χ0) is 59.9. The van der Waals surface area contributed by atoms with Gasteiger partial charge in [-0.05, 0) is 109 Å². The number of carboxylic acids is 5. The van der Waals surface area contributed by atoms with Crippen molar-refractivity contribution in [2.75, 3.05) is 97.1 Å². The van der Waals surface area contributed by atoms with Crippen LogP contribution in [-0.4, -0.2) is 169 Å². The highest BCUT2D eigenvalue weighted by atomic mass is 79.9. The Morgan fingerprint density at radius 3 is 1.54 bits per heavy atom. The minimum absolute atomic E-state index is 0.0540. The molecule has 5 saturated heterocycles. The molecule has 7 heterocycles. The van der Waals surface area contributed by atoms with E-state index in [9.17, 15) is 45.9 Å². The fourth-order valence-corrected chi connectivity index (χ4v) is 10.2. The number of nitrogens with zero attached hydrogens (tertiary/aromatic N) is 8. The predicted molar refractivity (Wildman–Crippen MR) is 300 cm³/mol. The standard InChI is InChI=1S/C12H11FN2O2.2C11H11ClFNO2.C11H13FN2O3.C10H10BrFN2O2/c13-10-1-2-15(7-10)11-4-8(6-14)3-9(5-11)12(16)17;12-10-5-8(1-2-9(10)11(15)16)14-4-3-7(13)6-14;12-8-2-1-3-9(10(8)11(15)16)14-5-4-7(13)6-14;1-17-9-3-2-8(10(13-9)11(15)16)14-5-4-7(12)6-14;11-9-3-7(10(15)16)8(4-13-9)14-2-1-6(12)5-14/h3-5,10H,1-2,7H2,(H,16,17);1-2,5,7H,3-4,6H2,(H,15,16);1-3,7H,4-6H2,(H,15,16);2-3,7H,4-6H2,1H3,(H,15,16);3-4,6H,1-2,5H2,(H,15,16)/t10-;3*7-;6-/m00000/s1. The van der Waals surface area contributed by atoms with Gasteiger partial charge in [-0.2, -0.15) is 5.26 Å². The van der Waals surface area contributed by atoms with E-state index >= 15 is 0 Å². The summed E-state index contributed by atoms with van der Waals surface area (Å²) in [5.41, 5.74) is 3.31. The Bertz CT molecular complexity index is 3170. The number of hydrogen-bond acceptors (Lipinski definition) is 14. The van der Waals surface area contributed by atoms with Crippen LogP contribution >= 0.6 is 39.1 Å². The minimum Gasteiger partial charge on any atom is -0.481 e. The Morgan fingerprint density at radius 1 is 0.573 bits per heavy atom. The fourth-order valence-electron chi connectivity index (χ4n) is 9.36. The van der Waals surface area contributed by atoms with E-state index < -0.39 is 60.7 Å². The number of benzene rings is 3. The Hall–Kier alpha value is -7.69. The van der Waals surface area contributed by atoms with Crippen LogP contribution in [0.5, 0.6) is 5.88 Å². The number of carboxylic acid groups (broad SMARTS) is 5. The van der Waals surface area contributed by atoms with E-state index in [0.717, 1.165) is 5.69 Å². The van der Waals surface area contributed by atoms with Gasteiger partial charge in [0.25, 0.3) is 0 Å². The number of pyridine rings is 2. The average molecular weight is 1250 g/mol. The van der Waals surface area contributed by atoms with Crippen LogP contribution in [0.25, 0.3) is 0 Å². The zero-order valence-electron chi connectivity index (χ0n) is 43.8. The van der Waals surface area contributed by atoms with Gasteiger partial charge < -0.3 is 54.8 Å². The van der Waals surface area contributed by atoms with E-state index in [2.05, 4.69) is 25.9 Å². The molecule has 2 aromatic heterocycles. The molecule has 5 N–H and O–H groups in total. The number of nitriles is 1. The van der Waals surface area contributed by atoms with E-state index in [0.29, 0.717) is 98.7 Å². The molecule has 0 spiro atoms. The lowest BCUT2D eigenvalue weighted by Crippen LogP contribution is -2.23. The van der Waals surface area contributed by atoms with E-state index in [4.69, 9.17) is 58.7 Å². The van der Waals surface area contributed by atoms with Crippen molar-refractivity contribution in [2.24, 2.45) is 0 Å². The van der Waals surface area contributed by atoms with Crippen molar-refractivity contribution in [3.05, 3.63) is 127 Å². The Labute approximate surface area is 485 Å². The van der Waals surface area contributed by atoms with Gasteiger partial charge in [0.1, 0.15) is 41.0 Å². The number of aromatic nitrogens is 2.